The van der Waals surface area contributed by atoms with Gasteiger partial charge in [-0.05, 0) is 41.5 Å². The summed E-state index contributed by atoms with van der Waals surface area (Å²) >= 11 is 12.5. The lowest BCUT2D eigenvalue weighted by molar-refractivity contribution is -0.137. The number of pyridine rings is 2. The van der Waals surface area contributed by atoms with Crippen LogP contribution in [0.1, 0.15) is 34.1 Å². The lowest BCUT2D eigenvalue weighted by Gasteiger charge is -2.35. The molecule has 5 heterocycles. The van der Waals surface area contributed by atoms with Crippen molar-refractivity contribution < 1.29 is 27.4 Å². The number of fused-ring (bicyclic) bond motifs is 3. The number of imidazole rings is 1. The predicted molar refractivity (Wildman–Crippen MR) is 150 cm³/mol. The quantitative estimate of drug-likeness (QED) is 0.268. The summed E-state index contributed by atoms with van der Waals surface area (Å²) < 4.78 is 53.0. The van der Waals surface area contributed by atoms with Crippen molar-refractivity contribution in [3.05, 3.63) is 93.1 Å². The smallest absolute Gasteiger partial charge is 0.416 e. The second-order valence-corrected chi connectivity index (χ2v) is 11.0. The zero-order chi connectivity index (χ0) is 29.4. The molecule has 0 aliphatic carbocycles. The average Bonchev–Trinajstić information content (AvgIpc) is 3.35. The highest BCUT2D eigenvalue weighted by Crippen LogP contribution is 2.38. The summed E-state index contributed by atoms with van der Waals surface area (Å²) in [6.07, 6.45) is -1.26. The van der Waals surface area contributed by atoms with Gasteiger partial charge in [0.25, 0.3) is 5.91 Å². The van der Waals surface area contributed by atoms with Crippen LogP contribution in [0.5, 0.6) is 5.75 Å². The number of nitrogens with zero attached hydrogens (tertiary/aromatic N) is 5. The van der Waals surface area contributed by atoms with Gasteiger partial charge >= 0.3 is 6.18 Å². The Hall–Kier alpha value is -3.38. The lowest BCUT2D eigenvalue weighted by atomic mass is 9.96. The maximum Gasteiger partial charge on any atom is 0.416 e. The Morgan fingerprint density at radius 3 is 2.60 bits per heavy atom. The predicted octanol–water partition coefficient (Wildman–Crippen LogP) is 5.44. The molecule has 1 saturated heterocycles. The van der Waals surface area contributed by atoms with Crippen molar-refractivity contribution in [2.75, 3.05) is 39.5 Å². The van der Waals surface area contributed by atoms with E-state index in [9.17, 15) is 18.0 Å². The van der Waals surface area contributed by atoms with Gasteiger partial charge in [-0.15, -0.1) is 0 Å². The number of benzene rings is 1. The molecule has 13 heteroatoms. The SMILES string of the molecule is O=C(COc1ccc(CN2CCOCC2)cc1Cl)N1CCc2nc3cc(C(F)(F)F)ccn3c2C1c1ccc(Cl)nc1. The van der Waals surface area contributed by atoms with E-state index >= 15 is 0 Å². The monoisotopic (exact) mass is 619 g/mol. The van der Waals surface area contributed by atoms with Gasteiger partial charge in [-0.3, -0.25) is 9.69 Å². The second kappa shape index (κ2) is 11.7. The number of carbonyl (C=O) groups is 1. The largest absolute Gasteiger partial charge is 0.482 e. The van der Waals surface area contributed by atoms with Crippen LogP contribution in [0.15, 0.2) is 54.9 Å². The van der Waals surface area contributed by atoms with Crippen molar-refractivity contribution in [1.29, 1.82) is 0 Å². The van der Waals surface area contributed by atoms with Crippen LogP contribution in [0.25, 0.3) is 5.65 Å². The van der Waals surface area contributed by atoms with Gasteiger partial charge in [0.1, 0.15) is 22.6 Å². The van der Waals surface area contributed by atoms with Crippen LogP contribution in [-0.4, -0.2) is 69.5 Å². The van der Waals surface area contributed by atoms with Gasteiger partial charge in [0, 0.05) is 45.0 Å². The Kier molecular flexibility index (Phi) is 8.01. The molecule has 8 nitrogen and oxygen atoms in total. The molecule has 42 heavy (non-hydrogen) atoms. The zero-order valence-corrected chi connectivity index (χ0v) is 23.8. The van der Waals surface area contributed by atoms with Crippen LogP contribution in [0.3, 0.4) is 0 Å². The third kappa shape index (κ3) is 5.92. The van der Waals surface area contributed by atoms with E-state index in [0.29, 0.717) is 47.4 Å². The maximum atomic E-state index is 13.6. The Morgan fingerprint density at radius 1 is 1.07 bits per heavy atom. The normalized spacial score (nSPS) is 17.8. The molecule has 2 aliphatic heterocycles. The average molecular weight is 620 g/mol. The summed E-state index contributed by atoms with van der Waals surface area (Å²) in [5.41, 5.74) is 2.22. The minimum atomic E-state index is -4.50. The Balaban J connectivity index is 1.25. The van der Waals surface area contributed by atoms with Crippen molar-refractivity contribution in [3.8, 4) is 5.75 Å². The van der Waals surface area contributed by atoms with Crippen LogP contribution in [0.2, 0.25) is 10.2 Å². The number of alkyl halides is 3. The molecular formula is C29H26Cl2F3N5O3. The van der Waals surface area contributed by atoms with Gasteiger partial charge in [0.15, 0.2) is 6.61 Å². The van der Waals surface area contributed by atoms with Crippen LogP contribution >= 0.6 is 23.2 Å². The number of amides is 1. The van der Waals surface area contributed by atoms with E-state index in [4.69, 9.17) is 32.7 Å². The molecule has 1 fully saturated rings. The number of hydrogen-bond donors (Lipinski definition) is 0. The van der Waals surface area contributed by atoms with E-state index < -0.39 is 17.8 Å². The highest BCUT2D eigenvalue weighted by molar-refractivity contribution is 6.32. The minimum Gasteiger partial charge on any atom is -0.482 e. The van der Waals surface area contributed by atoms with E-state index in [1.165, 1.54) is 6.20 Å². The second-order valence-electron chi connectivity index (χ2n) is 10.2. The molecule has 220 valence electrons. The molecule has 1 unspecified atom stereocenters. The van der Waals surface area contributed by atoms with Crippen LogP contribution in [-0.2, 0) is 28.7 Å². The third-order valence-corrected chi connectivity index (χ3v) is 7.99. The maximum absolute atomic E-state index is 13.6. The highest BCUT2D eigenvalue weighted by Gasteiger charge is 2.37. The lowest BCUT2D eigenvalue weighted by Crippen LogP contribution is -2.43. The number of halogens is 5. The number of morpholine rings is 1. The molecule has 0 saturated carbocycles. The number of aromatic nitrogens is 3. The summed E-state index contributed by atoms with van der Waals surface area (Å²) in [5.74, 6) is 0.0588. The van der Waals surface area contributed by atoms with Crippen molar-refractivity contribution >= 4 is 34.8 Å². The van der Waals surface area contributed by atoms with Crippen molar-refractivity contribution in [2.24, 2.45) is 0 Å². The molecule has 2 aliphatic rings. The molecule has 4 aromatic rings. The zero-order valence-electron chi connectivity index (χ0n) is 22.3. The Bertz CT molecular complexity index is 1610. The fourth-order valence-electron chi connectivity index (χ4n) is 5.42. The molecule has 1 atom stereocenters. The summed E-state index contributed by atoms with van der Waals surface area (Å²) in [4.78, 5) is 26.2. The molecule has 0 radical (unpaired) electrons. The molecule has 3 aromatic heterocycles. The van der Waals surface area contributed by atoms with Gasteiger partial charge in [0.2, 0.25) is 0 Å². The highest BCUT2D eigenvalue weighted by atomic mass is 35.5. The van der Waals surface area contributed by atoms with Crippen LogP contribution < -0.4 is 4.74 Å². The van der Waals surface area contributed by atoms with Crippen LogP contribution in [0, 0.1) is 0 Å². The fraction of sp³-hybridized carbons (Fsp3) is 0.345. The molecule has 0 bridgehead atoms. The first-order valence-corrected chi connectivity index (χ1v) is 14.1. The molecule has 1 amide bonds. The van der Waals surface area contributed by atoms with Crippen LogP contribution in [0.4, 0.5) is 13.2 Å². The number of carbonyl (C=O) groups excluding carboxylic acids is 1. The summed E-state index contributed by atoms with van der Waals surface area (Å²) in [6, 6.07) is 10.2. The molecule has 1 aromatic carbocycles. The summed E-state index contributed by atoms with van der Waals surface area (Å²) in [7, 11) is 0. The van der Waals surface area contributed by atoms with E-state index in [2.05, 4.69) is 14.9 Å². The van der Waals surface area contributed by atoms with Crippen molar-refractivity contribution in [1.82, 2.24) is 24.2 Å². The first-order chi connectivity index (χ1) is 20.2. The molecule has 6 rings (SSSR count). The Morgan fingerprint density at radius 2 is 1.88 bits per heavy atom. The summed E-state index contributed by atoms with van der Waals surface area (Å²) in [6.45, 7) is 3.83. The number of hydrogen-bond acceptors (Lipinski definition) is 6. The van der Waals surface area contributed by atoms with Crippen molar-refractivity contribution in [3.63, 3.8) is 0 Å². The van der Waals surface area contributed by atoms with Gasteiger partial charge in [-0.2, -0.15) is 13.2 Å². The fourth-order valence-corrected chi connectivity index (χ4v) is 5.79. The van der Waals surface area contributed by atoms with E-state index in [1.807, 2.05) is 12.1 Å². The van der Waals surface area contributed by atoms with Gasteiger partial charge < -0.3 is 18.8 Å². The summed E-state index contributed by atoms with van der Waals surface area (Å²) in [5, 5.41) is 0.672. The van der Waals surface area contributed by atoms with Gasteiger partial charge in [-0.1, -0.05) is 35.3 Å². The molecular weight excluding hydrogens is 594 g/mol. The third-order valence-electron chi connectivity index (χ3n) is 7.47. The Labute approximate surface area is 249 Å². The van der Waals surface area contributed by atoms with Crippen molar-refractivity contribution in [2.45, 2.75) is 25.2 Å². The minimum absolute atomic E-state index is 0.149. The van der Waals surface area contributed by atoms with E-state index in [1.54, 1.807) is 33.7 Å². The van der Waals surface area contributed by atoms with E-state index in [0.717, 1.165) is 37.3 Å². The van der Waals surface area contributed by atoms with E-state index in [-0.39, 0.29) is 29.9 Å². The first-order valence-electron chi connectivity index (χ1n) is 13.4. The van der Waals surface area contributed by atoms with Gasteiger partial charge in [0.05, 0.1) is 35.2 Å². The van der Waals surface area contributed by atoms with Gasteiger partial charge in [-0.25, -0.2) is 9.97 Å². The number of ether oxygens (including phenoxy) is 2. The first kappa shape index (κ1) is 28.7. The molecule has 0 N–H and O–H groups in total. The topological polar surface area (TPSA) is 72.2 Å². The number of rotatable bonds is 6. The standard InChI is InChI=1S/C29H26Cl2F3N5O3/c30-21-13-18(16-37-9-11-41-12-10-37)1-3-23(21)42-17-26(40)39-8-6-22-28(27(39)19-2-4-24(31)35-15-19)38-7-5-20(29(32,33)34)14-25(38)36-22/h1-5,7,13-15,27H,6,8-12,16-17H2. The molecule has 0 spiro atoms.